The Kier molecular flexibility index (Phi) is 3.99. The fourth-order valence-electron chi connectivity index (χ4n) is 4.57. The minimum atomic E-state index is 0.120. The topological polar surface area (TPSA) is 35.2 Å². The number of ether oxygens (including phenoxy) is 1. The highest BCUT2D eigenvalue weighted by molar-refractivity contribution is 5.49. The molecule has 1 aliphatic rings. The first-order chi connectivity index (χ1) is 12.5. The summed E-state index contributed by atoms with van der Waals surface area (Å²) in [6.45, 7) is 7.06. The maximum atomic E-state index is 5.94. The number of anilines is 1. The molecule has 0 bridgehead atoms. The summed E-state index contributed by atoms with van der Waals surface area (Å²) in [6, 6.07) is 24.9. The van der Waals surface area contributed by atoms with Crippen LogP contribution in [0.25, 0.3) is 0 Å². The molecule has 0 heterocycles. The molecule has 3 aromatic rings. The lowest BCUT2D eigenvalue weighted by atomic mass is 9.72. The zero-order valence-corrected chi connectivity index (χ0v) is 15.6. The van der Waals surface area contributed by atoms with E-state index in [0.717, 1.165) is 17.2 Å². The molecular weight excluding hydrogens is 318 g/mol. The zero-order valence-electron chi connectivity index (χ0n) is 15.6. The number of nitrogens with two attached hydrogens (primary N) is 1. The Morgan fingerprint density at radius 2 is 1.38 bits per heavy atom. The van der Waals surface area contributed by atoms with Gasteiger partial charge in [0.15, 0.2) is 0 Å². The summed E-state index contributed by atoms with van der Waals surface area (Å²) in [6.07, 6.45) is 0. The van der Waals surface area contributed by atoms with Crippen LogP contribution in [0.1, 0.15) is 49.3 Å². The smallest absolute Gasteiger partial charge is 0.127 e. The molecule has 132 valence electrons. The van der Waals surface area contributed by atoms with E-state index in [1.54, 1.807) is 0 Å². The second-order valence-corrected chi connectivity index (χ2v) is 7.82. The highest BCUT2D eigenvalue weighted by Gasteiger charge is 2.44. The van der Waals surface area contributed by atoms with Crippen LogP contribution in [0.3, 0.4) is 0 Å². The highest BCUT2D eigenvalue weighted by Crippen LogP contribution is 2.55. The molecule has 0 amide bonds. The van der Waals surface area contributed by atoms with Crippen molar-refractivity contribution in [2.45, 2.75) is 38.0 Å². The number of benzene rings is 3. The molecule has 2 unspecified atom stereocenters. The summed E-state index contributed by atoms with van der Waals surface area (Å²) in [5.74, 6) is 2.61. The Morgan fingerprint density at radius 3 is 2.00 bits per heavy atom. The largest absolute Gasteiger partial charge is 0.457 e. The predicted molar refractivity (Wildman–Crippen MR) is 108 cm³/mol. The van der Waals surface area contributed by atoms with E-state index in [1.165, 1.54) is 16.7 Å². The van der Waals surface area contributed by atoms with Gasteiger partial charge in [0.2, 0.25) is 0 Å². The van der Waals surface area contributed by atoms with Gasteiger partial charge in [-0.25, -0.2) is 0 Å². The molecule has 26 heavy (non-hydrogen) atoms. The zero-order chi connectivity index (χ0) is 18.3. The Morgan fingerprint density at radius 1 is 0.808 bits per heavy atom. The molecule has 2 heteroatoms. The van der Waals surface area contributed by atoms with Gasteiger partial charge in [-0.15, -0.1) is 0 Å². The summed E-state index contributed by atoms with van der Waals surface area (Å²) in [4.78, 5) is 0. The van der Waals surface area contributed by atoms with E-state index in [1.807, 2.05) is 24.3 Å². The van der Waals surface area contributed by atoms with Crippen molar-refractivity contribution in [2.24, 2.45) is 0 Å². The number of nitrogen functional groups attached to an aromatic ring is 1. The minimum absolute atomic E-state index is 0.120. The second-order valence-electron chi connectivity index (χ2n) is 7.82. The molecule has 0 radical (unpaired) electrons. The van der Waals surface area contributed by atoms with Gasteiger partial charge in [0.1, 0.15) is 11.5 Å². The van der Waals surface area contributed by atoms with Crippen LogP contribution in [0.2, 0.25) is 0 Å². The van der Waals surface area contributed by atoms with Gasteiger partial charge in [-0.1, -0.05) is 57.2 Å². The second kappa shape index (κ2) is 6.21. The van der Waals surface area contributed by atoms with Gasteiger partial charge in [0, 0.05) is 5.69 Å². The predicted octanol–water partition coefficient (Wildman–Crippen LogP) is 6.24. The quantitative estimate of drug-likeness (QED) is 0.571. The van der Waals surface area contributed by atoms with Gasteiger partial charge in [0.05, 0.1) is 0 Å². The third-order valence-electron chi connectivity index (χ3n) is 5.78. The van der Waals surface area contributed by atoms with Crippen LogP contribution in [-0.2, 0) is 5.41 Å². The van der Waals surface area contributed by atoms with E-state index in [2.05, 4.69) is 69.3 Å². The van der Waals surface area contributed by atoms with Crippen LogP contribution >= 0.6 is 0 Å². The van der Waals surface area contributed by atoms with Crippen molar-refractivity contribution in [3.8, 4) is 11.5 Å². The molecular formula is C24H25NO. The van der Waals surface area contributed by atoms with E-state index >= 15 is 0 Å². The Labute approximate surface area is 155 Å². The lowest BCUT2D eigenvalue weighted by Crippen LogP contribution is -2.23. The SMILES string of the molecule is CC1c2ccccc2C(C)(C)C1c1ccc(Oc2ccc(N)cc2)cc1. The minimum Gasteiger partial charge on any atom is -0.457 e. The Balaban J connectivity index is 1.60. The molecule has 0 saturated carbocycles. The molecule has 0 aromatic heterocycles. The first-order valence-corrected chi connectivity index (χ1v) is 9.19. The lowest BCUT2D eigenvalue weighted by molar-refractivity contribution is 0.411. The van der Waals surface area contributed by atoms with Crippen molar-refractivity contribution >= 4 is 5.69 Å². The third kappa shape index (κ3) is 2.76. The summed E-state index contributed by atoms with van der Waals surface area (Å²) in [5.41, 5.74) is 10.9. The van der Waals surface area contributed by atoms with Crippen LogP contribution < -0.4 is 10.5 Å². The Hall–Kier alpha value is -2.74. The standard InChI is InChI=1S/C24H25NO/c1-16-21-6-4-5-7-22(21)24(2,3)23(16)17-8-12-19(13-9-17)26-20-14-10-18(25)11-15-20/h4-16,23H,25H2,1-3H3. The van der Waals surface area contributed by atoms with Gasteiger partial charge < -0.3 is 10.5 Å². The molecule has 0 fully saturated rings. The summed E-state index contributed by atoms with van der Waals surface area (Å²) in [5, 5.41) is 0. The molecule has 0 saturated heterocycles. The van der Waals surface area contributed by atoms with Crippen molar-refractivity contribution < 1.29 is 4.74 Å². The fourth-order valence-corrected chi connectivity index (χ4v) is 4.57. The van der Waals surface area contributed by atoms with Crippen LogP contribution in [-0.4, -0.2) is 0 Å². The average molecular weight is 343 g/mol. The molecule has 3 aromatic carbocycles. The van der Waals surface area contributed by atoms with E-state index in [-0.39, 0.29) is 5.41 Å². The first kappa shape index (κ1) is 16.7. The van der Waals surface area contributed by atoms with Gasteiger partial charge in [-0.3, -0.25) is 0 Å². The number of fused-ring (bicyclic) bond motifs is 1. The molecule has 1 aliphatic carbocycles. The van der Waals surface area contributed by atoms with Crippen molar-refractivity contribution in [1.29, 1.82) is 0 Å². The Bertz CT molecular complexity index is 910. The van der Waals surface area contributed by atoms with Gasteiger partial charge in [-0.05, 0) is 70.3 Å². The van der Waals surface area contributed by atoms with Crippen LogP contribution in [0, 0.1) is 0 Å². The number of hydrogen-bond donors (Lipinski definition) is 1. The van der Waals surface area contributed by atoms with Crippen molar-refractivity contribution in [2.75, 3.05) is 5.73 Å². The van der Waals surface area contributed by atoms with E-state index in [4.69, 9.17) is 10.5 Å². The highest BCUT2D eigenvalue weighted by atomic mass is 16.5. The van der Waals surface area contributed by atoms with Crippen LogP contribution in [0.4, 0.5) is 5.69 Å². The van der Waals surface area contributed by atoms with Gasteiger partial charge >= 0.3 is 0 Å². The van der Waals surface area contributed by atoms with Gasteiger partial charge in [-0.2, -0.15) is 0 Å². The van der Waals surface area contributed by atoms with Crippen molar-refractivity contribution in [3.05, 3.63) is 89.5 Å². The maximum absolute atomic E-state index is 5.94. The molecule has 2 N–H and O–H groups in total. The molecule has 0 aliphatic heterocycles. The fraction of sp³-hybridized carbons (Fsp3) is 0.250. The molecule has 0 spiro atoms. The van der Waals surface area contributed by atoms with Crippen molar-refractivity contribution in [3.63, 3.8) is 0 Å². The number of hydrogen-bond acceptors (Lipinski definition) is 2. The molecule has 4 rings (SSSR count). The average Bonchev–Trinajstić information content (AvgIpc) is 2.85. The van der Waals surface area contributed by atoms with E-state index in [9.17, 15) is 0 Å². The molecule has 2 atom stereocenters. The maximum Gasteiger partial charge on any atom is 0.127 e. The monoisotopic (exact) mass is 343 g/mol. The van der Waals surface area contributed by atoms with Gasteiger partial charge in [0.25, 0.3) is 0 Å². The van der Waals surface area contributed by atoms with Crippen LogP contribution in [0.5, 0.6) is 11.5 Å². The summed E-state index contributed by atoms with van der Waals surface area (Å²) in [7, 11) is 0. The summed E-state index contributed by atoms with van der Waals surface area (Å²) < 4.78 is 5.94. The van der Waals surface area contributed by atoms with E-state index < -0.39 is 0 Å². The van der Waals surface area contributed by atoms with Crippen LogP contribution in [0.15, 0.2) is 72.8 Å². The third-order valence-corrected chi connectivity index (χ3v) is 5.78. The molecule has 2 nitrogen and oxygen atoms in total. The summed E-state index contributed by atoms with van der Waals surface area (Å²) >= 11 is 0. The van der Waals surface area contributed by atoms with Crippen molar-refractivity contribution in [1.82, 2.24) is 0 Å². The first-order valence-electron chi connectivity index (χ1n) is 9.19. The number of rotatable bonds is 3. The lowest BCUT2D eigenvalue weighted by Gasteiger charge is -2.31. The van der Waals surface area contributed by atoms with E-state index in [0.29, 0.717) is 11.8 Å². The normalized spacial score (nSPS) is 20.6.